The van der Waals surface area contributed by atoms with E-state index in [2.05, 4.69) is 17.4 Å². The van der Waals surface area contributed by atoms with Gasteiger partial charge in [0.15, 0.2) is 0 Å². The molecule has 4 nitrogen and oxygen atoms in total. The van der Waals surface area contributed by atoms with Gasteiger partial charge < -0.3 is 15.8 Å². The molecule has 0 bridgehead atoms. The molecule has 0 radical (unpaired) electrons. The van der Waals surface area contributed by atoms with Crippen molar-refractivity contribution in [3.63, 3.8) is 0 Å². The molecular formula is C15H20N2O2S2. The maximum absolute atomic E-state index is 12.2. The molecule has 6 heteroatoms. The number of hydrogen-bond acceptors (Lipinski definition) is 5. The molecule has 114 valence electrons. The fourth-order valence-corrected chi connectivity index (χ4v) is 5.45. The van der Waals surface area contributed by atoms with Crippen molar-refractivity contribution < 1.29 is 9.53 Å². The Morgan fingerprint density at radius 2 is 2.14 bits per heavy atom. The van der Waals surface area contributed by atoms with Crippen molar-refractivity contribution in [1.29, 1.82) is 0 Å². The van der Waals surface area contributed by atoms with Crippen LogP contribution in [0.1, 0.15) is 23.0 Å². The molecule has 2 saturated heterocycles. The van der Waals surface area contributed by atoms with Gasteiger partial charge in [-0.3, -0.25) is 4.79 Å². The lowest BCUT2D eigenvalue weighted by molar-refractivity contribution is -0.126. The summed E-state index contributed by atoms with van der Waals surface area (Å²) in [5, 5.41) is 2.97. The number of rotatable bonds is 4. The molecule has 3 N–H and O–H groups in total. The summed E-state index contributed by atoms with van der Waals surface area (Å²) in [6.45, 7) is 0.482. The van der Waals surface area contributed by atoms with E-state index in [9.17, 15) is 4.79 Å². The zero-order chi connectivity index (χ0) is 14.7. The molecule has 0 saturated carbocycles. The van der Waals surface area contributed by atoms with Crippen LogP contribution >= 0.6 is 23.5 Å². The summed E-state index contributed by atoms with van der Waals surface area (Å²) in [7, 11) is 0. The van der Waals surface area contributed by atoms with Crippen molar-refractivity contribution in [1.82, 2.24) is 0 Å². The van der Waals surface area contributed by atoms with Crippen molar-refractivity contribution in [2.45, 2.75) is 29.6 Å². The van der Waals surface area contributed by atoms with Crippen LogP contribution in [-0.2, 0) is 9.53 Å². The monoisotopic (exact) mass is 324 g/mol. The first-order chi connectivity index (χ1) is 10.3. The van der Waals surface area contributed by atoms with Crippen LogP contribution in [0.2, 0.25) is 0 Å². The maximum Gasteiger partial charge on any atom is 0.253 e. The van der Waals surface area contributed by atoms with Gasteiger partial charge in [0, 0.05) is 23.7 Å². The van der Waals surface area contributed by atoms with Crippen molar-refractivity contribution in [2.75, 3.05) is 23.4 Å². The van der Waals surface area contributed by atoms with Crippen molar-refractivity contribution in [2.24, 2.45) is 5.73 Å². The minimum atomic E-state index is -0.363. The third kappa shape index (κ3) is 3.74. The second kappa shape index (κ2) is 7.05. The van der Waals surface area contributed by atoms with Crippen LogP contribution in [0, 0.1) is 0 Å². The molecule has 2 fully saturated rings. The van der Waals surface area contributed by atoms with E-state index in [4.69, 9.17) is 10.5 Å². The number of anilines is 1. The van der Waals surface area contributed by atoms with Crippen LogP contribution in [-0.4, -0.2) is 36.2 Å². The third-order valence-corrected chi connectivity index (χ3v) is 6.82. The van der Waals surface area contributed by atoms with Crippen molar-refractivity contribution in [3.05, 3.63) is 29.8 Å². The van der Waals surface area contributed by atoms with E-state index in [1.165, 1.54) is 17.1 Å². The lowest BCUT2D eigenvalue weighted by Crippen LogP contribution is -2.29. The summed E-state index contributed by atoms with van der Waals surface area (Å²) in [5.74, 6) is 2.33. The Kier molecular flexibility index (Phi) is 5.11. The van der Waals surface area contributed by atoms with E-state index >= 15 is 0 Å². The van der Waals surface area contributed by atoms with Gasteiger partial charge in [-0.1, -0.05) is 12.1 Å². The summed E-state index contributed by atoms with van der Waals surface area (Å²) in [5.41, 5.74) is 7.70. The first-order valence-electron chi connectivity index (χ1n) is 7.26. The quantitative estimate of drug-likeness (QED) is 0.891. The van der Waals surface area contributed by atoms with Gasteiger partial charge in [0.2, 0.25) is 0 Å². The zero-order valence-electron chi connectivity index (χ0n) is 11.8. The molecule has 21 heavy (non-hydrogen) atoms. The van der Waals surface area contributed by atoms with Gasteiger partial charge in [0.25, 0.3) is 5.91 Å². The Labute approximate surface area is 133 Å². The first-order valence-corrected chi connectivity index (χ1v) is 9.35. The van der Waals surface area contributed by atoms with Crippen LogP contribution < -0.4 is 11.1 Å². The number of carbonyl (C=O) groups is 1. The molecule has 2 aliphatic heterocycles. The van der Waals surface area contributed by atoms with Gasteiger partial charge in [-0.05, 0) is 30.5 Å². The Hall–Kier alpha value is -0.690. The Morgan fingerprint density at radius 3 is 2.86 bits per heavy atom. The van der Waals surface area contributed by atoms with Gasteiger partial charge in [-0.15, -0.1) is 23.5 Å². The van der Waals surface area contributed by atoms with Gasteiger partial charge >= 0.3 is 0 Å². The highest BCUT2D eigenvalue weighted by molar-refractivity contribution is 8.19. The van der Waals surface area contributed by atoms with Gasteiger partial charge in [-0.2, -0.15) is 0 Å². The Morgan fingerprint density at radius 1 is 1.33 bits per heavy atom. The molecule has 1 amide bonds. The zero-order valence-corrected chi connectivity index (χ0v) is 13.4. The highest BCUT2D eigenvalue weighted by atomic mass is 32.2. The summed E-state index contributed by atoms with van der Waals surface area (Å²) in [6, 6.07) is 8.13. The normalized spacial score (nSPS) is 26.1. The molecule has 0 aromatic heterocycles. The number of carbonyl (C=O) groups excluding carboxylic acids is 1. The highest BCUT2D eigenvalue weighted by Gasteiger charge is 2.30. The summed E-state index contributed by atoms with van der Waals surface area (Å²) >= 11 is 3.93. The van der Waals surface area contributed by atoms with Gasteiger partial charge in [0.1, 0.15) is 6.10 Å². The Balaban J connectivity index is 1.62. The number of amides is 1. The van der Waals surface area contributed by atoms with Crippen molar-refractivity contribution in [3.8, 4) is 0 Å². The minimum Gasteiger partial charge on any atom is -0.364 e. The first kappa shape index (κ1) is 15.2. The van der Waals surface area contributed by atoms with Crippen LogP contribution in [0.5, 0.6) is 0 Å². The average molecular weight is 324 g/mol. The molecule has 2 heterocycles. The largest absolute Gasteiger partial charge is 0.364 e. The number of hydrogen-bond donors (Lipinski definition) is 2. The number of benzene rings is 1. The van der Waals surface area contributed by atoms with Crippen LogP contribution in [0.15, 0.2) is 24.3 Å². The molecule has 3 rings (SSSR count). The molecule has 2 atom stereocenters. The lowest BCUT2D eigenvalue weighted by Gasteiger charge is -2.14. The minimum absolute atomic E-state index is 0.0263. The van der Waals surface area contributed by atoms with E-state index in [0.717, 1.165) is 18.5 Å². The van der Waals surface area contributed by atoms with Crippen LogP contribution in [0.4, 0.5) is 5.69 Å². The second-order valence-corrected chi connectivity index (χ2v) is 7.97. The topological polar surface area (TPSA) is 64.4 Å². The average Bonchev–Trinajstić information content (AvgIpc) is 3.19. The summed E-state index contributed by atoms with van der Waals surface area (Å²) in [4.78, 5) is 12.2. The van der Waals surface area contributed by atoms with E-state index in [0.29, 0.717) is 11.1 Å². The van der Waals surface area contributed by atoms with Gasteiger partial charge in [0.05, 0.1) is 10.7 Å². The summed E-state index contributed by atoms with van der Waals surface area (Å²) in [6.07, 6.45) is 1.28. The molecule has 0 unspecified atom stereocenters. The van der Waals surface area contributed by atoms with E-state index in [1.807, 2.05) is 35.7 Å². The molecule has 0 spiro atoms. The molecule has 1 aromatic rings. The third-order valence-electron chi connectivity index (χ3n) is 3.71. The van der Waals surface area contributed by atoms with Crippen molar-refractivity contribution >= 4 is 35.1 Å². The lowest BCUT2D eigenvalue weighted by atomic mass is 10.1. The highest BCUT2D eigenvalue weighted by Crippen LogP contribution is 2.45. The molecule has 1 aromatic carbocycles. The fraction of sp³-hybridized carbons (Fsp3) is 0.533. The number of ether oxygens (including phenoxy) is 1. The number of nitrogens with two attached hydrogens (primary N) is 1. The van der Waals surface area contributed by atoms with Crippen LogP contribution in [0.3, 0.4) is 0 Å². The van der Waals surface area contributed by atoms with Crippen LogP contribution in [0.25, 0.3) is 0 Å². The predicted molar refractivity (Wildman–Crippen MR) is 89.7 cm³/mol. The maximum atomic E-state index is 12.2. The number of thioether (sulfide) groups is 2. The molecule has 0 aliphatic carbocycles. The fourth-order valence-electron chi connectivity index (χ4n) is 2.61. The second-order valence-electron chi connectivity index (χ2n) is 5.25. The predicted octanol–water partition coefficient (Wildman–Crippen LogP) is 2.61. The van der Waals surface area contributed by atoms with E-state index in [-0.39, 0.29) is 18.1 Å². The number of nitrogens with one attached hydrogen (secondary N) is 1. The molecular weight excluding hydrogens is 304 g/mol. The molecule has 2 aliphatic rings. The summed E-state index contributed by atoms with van der Waals surface area (Å²) < 4.78 is 6.12. The van der Waals surface area contributed by atoms with E-state index < -0.39 is 0 Å². The smallest absolute Gasteiger partial charge is 0.253 e. The standard InChI is InChI=1S/C15H20N2O2S2/c16-9-12-4-5-13(19-12)14(18)17-11-3-1-2-10(8-11)15-20-6-7-21-15/h1-3,8,12-13,15H,4-7,9,16H2,(H,17,18)/t12-,13+/m1/s1. The SMILES string of the molecule is NC[C@H]1CC[C@@H](C(=O)Nc2cccc(C3SCCS3)c2)O1. The Bertz CT molecular complexity index is 506. The van der Waals surface area contributed by atoms with E-state index in [1.54, 1.807) is 0 Å². The van der Waals surface area contributed by atoms with Gasteiger partial charge in [-0.25, -0.2) is 0 Å².